The smallest absolute Gasteiger partial charge is 0.0751 e. The highest BCUT2D eigenvalue weighted by Gasteiger charge is 2.27. The average molecular weight is 593 g/mol. The fourth-order valence-corrected chi connectivity index (χ4v) is 6.48. The van der Waals surface area contributed by atoms with E-state index in [4.69, 9.17) is 4.99 Å². The maximum Gasteiger partial charge on any atom is 0.0751 e. The molecule has 0 spiro atoms. The largest absolute Gasteiger partial charge is 0.280 e. The minimum atomic E-state index is 0.609. The third kappa shape index (κ3) is 5.78. The van der Waals surface area contributed by atoms with Gasteiger partial charge in [-0.15, -0.1) is 0 Å². The van der Waals surface area contributed by atoms with Crippen molar-refractivity contribution in [1.82, 2.24) is 0 Å². The molecule has 0 heterocycles. The van der Waals surface area contributed by atoms with Gasteiger partial charge in [0.1, 0.15) is 0 Å². The van der Waals surface area contributed by atoms with Crippen molar-refractivity contribution in [3.63, 3.8) is 0 Å². The second-order valence-electron chi connectivity index (χ2n) is 12.0. The van der Waals surface area contributed by atoms with Crippen LogP contribution in [0, 0.1) is 13.8 Å². The fraction of sp³-hybridized carbons (Fsp3) is 0.0909. The molecule has 0 bridgehead atoms. The summed E-state index contributed by atoms with van der Waals surface area (Å²) < 4.78 is 0. The molecule has 1 aliphatic carbocycles. The molecule has 7 rings (SSSR count). The molecule has 0 unspecified atom stereocenters. The van der Waals surface area contributed by atoms with E-state index in [-0.39, 0.29) is 0 Å². The molecule has 0 radical (unpaired) electrons. The van der Waals surface area contributed by atoms with Crippen molar-refractivity contribution in [2.75, 3.05) is 0 Å². The number of rotatable bonds is 7. The summed E-state index contributed by atoms with van der Waals surface area (Å²) in [5.74, 6) is 0. The Labute approximate surface area is 272 Å². The number of allylic oxidation sites excluding steroid dienone is 1. The van der Waals surface area contributed by atoms with E-state index in [1.165, 1.54) is 61.2 Å². The molecule has 222 valence electrons. The highest BCUT2D eigenvalue weighted by molar-refractivity contribution is 6.20. The molecule has 0 aromatic heterocycles. The van der Waals surface area contributed by atoms with Gasteiger partial charge in [-0.2, -0.15) is 0 Å². The average Bonchev–Trinajstić information content (AvgIpc) is 3.46. The predicted octanol–water partition coefficient (Wildman–Crippen LogP) is 11.0. The van der Waals surface area contributed by atoms with Crippen molar-refractivity contribution in [1.29, 1.82) is 0 Å². The maximum absolute atomic E-state index is 5.22. The lowest BCUT2D eigenvalue weighted by Crippen LogP contribution is -2.03. The minimum absolute atomic E-state index is 0.609. The SMILES string of the molecule is C=N/C(=C1/Cc2ccc(-c3ccc(-c4ccc(C)c(-c5ccccc5C)c4)cc3)cc2C1=NCc1ccccc1)c1ccccc1. The summed E-state index contributed by atoms with van der Waals surface area (Å²) in [5.41, 5.74) is 17.7. The minimum Gasteiger partial charge on any atom is -0.280 e. The number of hydrogen-bond acceptors (Lipinski definition) is 2. The van der Waals surface area contributed by atoms with E-state index in [1.807, 2.05) is 24.3 Å². The molecule has 2 heteroatoms. The van der Waals surface area contributed by atoms with Crippen LogP contribution in [0.2, 0.25) is 0 Å². The van der Waals surface area contributed by atoms with Gasteiger partial charge in [-0.25, -0.2) is 0 Å². The van der Waals surface area contributed by atoms with Gasteiger partial charge in [0.05, 0.1) is 18.0 Å². The van der Waals surface area contributed by atoms with Crippen molar-refractivity contribution in [3.05, 3.63) is 185 Å². The highest BCUT2D eigenvalue weighted by atomic mass is 14.8. The van der Waals surface area contributed by atoms with Crippen LogP contribution in [0.1, 0.15) is 33.4 Å². The zero-order valence-corrected chi connectivity index (χ0v) is 26.4. The van der Waals surface area contributed by atoms with Crippen LogP contribution in [0.5, 0.6) is 0 Å². The van der Waals surface area contributed by atoms with Gasteiger partial charge in [-0.1, -0.05) is 133 Å². The Balaban J connectivity index is 1.25. The number of aliphatic imine (C=N–C) groups is 2. The Morgan fingerprint density at radius 2 is 1.13 bits per heavy atom. The summed E-state index contributed by atoms with van der Waals surface area (Å²) in [6, 6.07) is 51.9. The van der Waals surface area contributed by atoms with Gasteiger partial charge < -0.3 is 0 Å². The monoisotopic (exact) mass is 592 g/mol. The lowest BCUT2D eigenvalue weighted by atomic mass is 9.92. The molecule has 6 aromatic carbocycles. The Morgan fingerprint density at radius 1 is 0.565 bits per heavy atom. The Bertz CT molecular complexity index is 2100. The lowest BCUT2D eigenvalue weighted by molar-refractivity contribution is 1.07. The number of nitrogens with zero attached hydrogens (tertiary/aromatic N) is 2. The van der Waals surface area contributed by atoms with Crippen molar-refractivity contribution in [2.45, 2.75) is 26.8 Å². The van der Waals surface area contributed by atoms with Crippen molar-refractivity contribution in [2.24, 2.45) is 9.98 Å². The molecule has 2 nitrogen and oxygen atoms in total. The van der Waals surface area contributed by atoms with E-state index in [2.05, 4.69) is 147 Å². The zero-order chi connectivity index (χ0) is 31.5. The molecule has 0 fully saturated rings. The van der Waals surface area contributed by atoms with Crippen LogP contribution in [-0.2, 0) is 13.0 Å². The first kappa shape index (κ1) is 29.1. The van der Waals surface area contributed by atoms with Gasteiger partial charge in [0.15, 0.2) is 0 Å². The van der Waals surface area contributed by atoms with Crippen LogP contribution in [0.3, 0.4) is 0 Å². The van der Waals surface area contributed by atoms with Crippen LogP contribution in [-0.4, -0.2) is 12.4 Å². The lowest BCUT2D eigenvalue weighted by Gasteiger charge is -2.13. The van der Waals surface area contributed by atoms with E-state index in [9.17, 15) is 0 Å². The van der Waals surface area contributed by atoms with Gasteiger partial charge >= 0.3 is 0 Å². The van der Waals surface area contributed by atoms with E-state index in [0.29, 0.717) is 6.54 Å². The molecule has 0 N–H and O–H groups in total. The van der Waals surface area contributed by atoms with Crippen molar-refractivity contribution in [3.8, 4) is 33.4 Å². The van der Waals surface area contributed by atoms with Crippen LogP contribution in [0.25, 0.3) is 39.1 Å². The summed E-state index contributed by atoms with van der Waals surface area (Å²) in [6.45, 7) is 8.94. The number of fused-ring (bicyclic) bond motifs is 1. The first-order chi connectivity index (χ1) is 22.6. The standard InChI is InChI=1S/C44H36N2/c1-30-12-10-11-17-39(30)40-26-36(19-18-31(40)2)33-20-22-34(23-21-33)37-24-25-38-28-42(43(45-3)35-15-8-5-9-16-35)44(41(38)27-37)46-29-32-13-6-4-7-14-32/h4-27H,3,28-29H2,1-2H3/b43-42-,46-44?. The van der Waals surface area contributed by atoms with Gasteiger partial charge in [-0.05, 0) is 88.3 Å². The first-order valence-electron chi connectivity index (χ1n) is 15.8. The second-order valence-corrected chi connectivity index (χ2v) is 12.0. The number of benzene rings is 6. The van der Waals surface area contributed by atoms with Crippen LogP contribution in [0.15, 0.2) is 161 Å². The summed E-state index contributed by atoms with van der Waals surface area (Å²) in [6.07, 6.45) is 0.780. The van der Waals surface area contributed by atoms with Gasteiger partial charge in [0.25, 0.3) is 0 Å². The summed E-state index contributed by atoms with van der Waals surface area (Å²) in [7, 11) is 0. The third-order valence-electron chi connectivity index (χ3n) is 9.00. The first-order valence-corrected chi connectivity index (χ1v) is 15.8. The van der Waals surface area contributed by atoms with Crippen LogP contribution < -0.4 is 0 Å². The molecule has 0 saturated carbocycles. The predicted molar refractivity (Wildman–Crippen MR) is 196 cm³/mol. The molecule has 0 aliphatic heterocycles. The molecule has 0 saturated heterocycles. The molecule has 46 heavy (non-hydrogen) atoms. The quantitative estimate of drug-likeness (QED) is 0.165. The Hall–Kier alpha value is -5.60. The van der Waals surface area contributed by atoms with E-state index in [0.717, 1.165) is 29.0 Å². The molecular formula is C44H36N2. The normalized spacial score (nSPS) is 14.3. The molecule has 0 amide bonds. The highest BCUT2D eigenvalue weighted by Crippen LogP contribution is 2.37. The van der Waals surface area contributed by atoms with Crippen LogP contribution in [0.4, 0.5) is 0 Å². The molecule has 0 atom stereocenters. The van der Waals surface area contributed by atoms with E-state index in [1.54, 1.807) is 0 Å². The summed E-state index contributed by atoms with van der Waals surface area (Å²) >= 11 is 0. The number of aryl methyl sites for hydroxylation is 2. The molecule has 6 aromatic rings. The zero-order valence-electron chi connectivity index (χ0n) is 26.4. The fourth-order valence-electron chi connectivity index (χ4n) is 6.48. The van der Waals surface area contributed by atoms with Crippen molar-refractivity contribution < 1.29 is 0 Å². The van der Waals surface area contributed by atoms with E-state index < -0.39 is 0 Å². The van der Waals surface area contributed by atoms with Gasteiger partial charge in [0, 0.05) is 23.1 Å². The maximum atomic E-state index is 5.22. The van der Waals surface area contributed by atoms with Crippen LogP contribution >= 0.6 is 0 Å². The second kappa shape index (κ2) is 12.8. The molecule has 1 aliphatic rings. The summed E-state index contributed by atoms with van der Waals surface area (Å²) in [4.78, 5) is 9.75. The molecular weight excluding hydrogens is 556 g/mol. The van der Waals surface area contributed by atoms with E-state index >= 15 is 0 Å². The van der Waals surface area contributed by atoms with Gasteiger partial charge in [-0.3, -0.25) is 9.98 Å². The summed E-state index contributed by atoms with van der Waals surface area (Å²) in [5, 5.41) is 0. The van der Waals surface area contributed by atoms with Gasteiger partial charge in [0.2, 0.25) is 0 Å². The number of hydrogen-bond donors (Lipinski definition) is 0. The topological polar surface area (TPSA) is 24.7 Å². The third-order valence-corrected chi connectivity index (χ3v) is 9.00. The Kier molecular flexibility index (Phi) is 8.10. The Morgan fingerprint density at radius 3 is 1.80 bits per heavy atom. The van der Waals surface area contributed by atoms with Crippen molar-refractivity contribution >= 4 is 18.1 Å².